The van der Waals surface area contributed by atoms with Crippen molar-refractivity contribution < 1.29 is 35.8 Å². The number of hydrogen-bond donors (Lipinski definition) is 3. The molecule has 1 fully saturated rings. The molecule has 12 heteroatoms. The van der Waals surface area contributed by atoms with E-state index in [0.717, 1.165) is 31.2 Å². The Hall–Kier alpha value is -2.73. The van der Waals surface area contributed by atoms with E-state index in [1.807, 2.05) is 12.1 Å². The van der Waals surface area contributed by atoms with Crippen molar-refractivity contribution in [2.24, 2.45) is 0 Å². The van der Waals surface area contributed by atoms with E-state index in [1.165, 1.54) is 0 Å². The van der Waals surface area contributed by atoms with Crippen molar-refractivity contribution in [1.82, 2.24) is 10.6 Å². The van der Waals surface area contributed by atoms with Crippen LogP contribution in [0.5, 0.6) is 11.5 Å². The minimum atomic E-state index is -4.94. The summed E-state index contributed by atoms with van der Waals surface area (Å²) in [4.78, 5) is 0. The first-order chi connectivity index (χ1) is 16.9. The molecule has 0 saturated heterocycles. The molecule has 0 heterocycles. The molecular weight excluding hydrogens is 508 g/mol. The van der Waals surface area contributed by atoms with E-state index in [0.29, 0.717) is 30.2 Å². The number of thiocarbonyl (C=S) groups is 1. The molecule has 0 spiro atoms. The Morgan fingerprint density at radius 3 is 2.06 bits per heavy atom. The number of anilines is 1. The van der Waals surface area contributed by atoms with E-state index >= 15 is 0 Å². The molecule has 2 aromatic carbocycles. The third-order valence-corrected chi connectivity index (χ3v) is 6.20. The number of benzene rings is 2. The lowest BCUT2D eigenvalue weighted by Crippen LogP contribution is -2.52. The topological polar surface area (TPSA) is 54.5 Å². The molecule has 2 aromatic rings. The summed E-state index contributed by atoms with van der Waals surface area (Å²) >= 11 is 5.24. The van der Waals surface area contributed by atoms with Gasteiger partial charge in [0.05, 0.1) is 25.3 Å². The lowest BCUT2D eigenvalue weighted by molar-refractivity contribution is -0.143. The van der Waals surface area contributed by atoms with Crippen LogP contribution in [0.1, 0.15) is 42.4 Å². The van der Waals surface area contributed by atoms with Crippen LogP contribution < -0.4 is 25.4 Å². The van der Waals surface area contributed by atoms with Gasteiger partial charge in [-0.05, 0) is 49.3 Å². The monoisotopic (exact) mass is 535 g/mol. The third kappa shape index (κ3) is 7.39. The predicted molar refractivity (Wildman–Crippen MR) is 128 cm³/mol. The summed E-state index contributed by atoms with van der Waals surface area (Å²) in [5.41, 5.74) is -2.30. The van der Waals surface area contributed by atoms with Crippen molar-refractivity contribution in [2.45, 2.75) is 56.7 Å². The van der Waals surface area contributed by atoms with Crippen LogP contribution in [0.25, 0.3) is 0 Å². The fourth-order valence-electron chi connectivity index (χ4n) is 4.15. The maximum atomic E-state index is 13.2. The zero-order valence-corrected chi connectivity index (χ0v) is 20.5. The van der Waals surface area contributed by atoms with Gasteiger partial charge in [0.2, 0.25) is 0 Å². The second kappa shape index (κ2) is 11.5. The smallest absolute Gasteiger partial charge is 0.416 e. The first kappa shape index (κ1) is 27.9. The lowest BCUT2D eigenvalue weighted by atomic mass is 9.90. The summed E-state index contributed by atoms with van der Waals surface area (Å²) in [5, 5.41) is 8.97. The SMILES string of the molecule is COc1ccc(CN[C@@H]2CCCC[C@H]2NC(=S)Nc2cc(C(F)(F)F)cc(C(F)(F)F)c2)c(OC)c1. The molecule has 0 unspecified atom stereocenters. The van der Waals surface area contributed by atoms with E-state index < -0.39 is 29.2 Å². The van der Waals surface area contributed by atoms with Gasteiger partial charge in [0.25, 0.3) is 0 Å². The number of alkyl halides is 6. The highest BCUT2D eigenvalue weighted by molar-refractivity contribution is 7.80. The predicted octanol–water partition coefficient (Wildman–Crippen LogP) is 6.13. The molecule has 1 aliphatic rings. The minimum absolute atomic E-state index is 0.0300. The van der Waals surface area contributed by atoms with Crippen molar-refractivity contribution in [2.75, 3.05) is 19.5 Å². The van der Waals surface area contributed by atoms with Crippen molar-refractivity contribution in [3.63, 3.8) is 0 Å². The van der Waals surface area contributed by atoms with Gasteiger partial charge in [0.15, 0.2) is 5.11 Å². The van der Waals surface area contributed by atoms with Gasteiger partial charge in [-0.2, -0.15) is 26.3 Å². The first-order valence-corrected chi connectivity index (χ1v) is 11.6. The average molecular weight is 536 g/mol. The van der Waals surface area contributed by atoms with E-state index in [-0.39, 0.29) is 23.3 Å². The summed E-state index contributed by atoms with van der Waals surface area (Å²) in [6.45, 7) is 0.485. The van der Waals surface area contributed by atoms with Crippen molar-refractivity contribution in [3.8, 4) is 11.5 Å². The van der Waals surface area contributed by atoms with E-state index in [9.17, 15) is 26.3 Å². The highest BCUT2D eigenvalue weighted by Gasteiger charge is 2.37. The molecule has 3 N–H and O–H groups in total. The van der Waals surface area contributed by atoms with Gasteiger partial charge in [-0.25, -0.2) is 0 Å². The van der Waals surface area contributed by atoms with Crippen molar-refractivity contribution in [1.29, 1.82) is 0 Å². The number of rotatable bonds is 7. The van der Waals surface area contributed by atoms with Gasteiger partial charge < -0.3 is 25.4 Å². The highest BCUT2D eigenvalue weighted by Crippen LogP contribution is 2.37. The normalized spacial score (nSPS) is 18.4. The van der Waals surface area contributed by atoms with Gasteiger partial charge in [-0.15, -0.1) is 0 Å². The van der Waals surface area contributed by atoms with Gasteiger partial charge in [0.1, 0.15) is 11.5 Å². The second-order valence-electron chi connectivity index (χ2n) is 8.45. The maximum absolute atomic E-state index is 13.2. The molecule has 0 radical (unpaired) electrons. The van der Waals surface area contributed by atoms with E-state index in [2.05, 4.69) is 16.0 Å². The van der Waals surface area contributed by atoms with Gasteiger partial charge in [-0.3, -0.25) is 0 Å². The molecule has 1 aliphatic carbocycles. The average Bonchev–Trinajstić information content (AvgIpc) is 2.82. The van der Waals surface area contributed by atoms with Crippen LogP contribution in [-0.4, -0.2) is 31.4 Å². The minimum Gasteiger partial charge on any atom is -0.497 e. The van der Waals surface area contributed by atoms with Crippen LogP contribution in [0.2, 0.25) is 0 Å². The van der Waals surface area contributed by atoms with Crippen LogP contribution in [0.3, 0.4) is 0 Å². The molecule has 5 nitrogen and oxygen atoms in total. The van der Waals surface area contributed by atoms with Crippen LogP contribution in [0.4, 0.5) is 32.0 Å². The Morgan fingerprint density at radius 1 is 0.889 bits per heavy atom. The highest BCUT2D eigenvalue weighted by atomic mass is 32.1. The summed E-state index contributed by atoms with van der Waals surface area (Å²) in [5.74, 6) is 1.32. The zero-order valence-electron chi connectivity index (χ0n) is 19.6. The number of nitrogens with one attached hydrogen (secondary N) is 3. The summed E-state index contributed by atoms with van der Waals surface area (Å²) < 4.78 is 89.5. The molecule has 2 atom stereocenters. The van der Waals surface area contributed by atoms with Gasteiger partial charge in [0, 0.05) is 35.9 Å². The molecular formula is C24H27F6N3O2S. The second-order valence-corrected chi connectivity index (χ2v) is 8.86. The van der Waals surface area contributed by atoms with Crippen molar-refractivity contribution >= 4 is 23.0 Å². The molecule has 3 rings (SSSR count). The van der Waals surface area contributed by atoms with E-state index in [4.69, 9.17) is 21.7 Å². The molecule has 0 amide bonds. The van der Waals surface area contributed by atoms with Gasteiger partial charge >= 0.3 is 12.4 Å². The van der Waals surface area contributed by atoms with Crippen LogP contribution in [-0.2, 0) is 18.9 Å². The molecule has 0 aromatic heterocycles. The summed E-state index contributed by atoms with van der Waals surface area (Å²) in [6, 6.07) is 6.57. The molecule has 36 heavy (non-hydrogen) atoms. The number of halogens is 6. The maximum Gasteiger partial charge on any atom is 0.416 e. The number of methoxy groups -OCH3 is 2. The Kier molecular flexibility index (Phi) is 8.93. The Balaban J connectivity index is 1.69. The fourth-order valence-corrected chi connectivity index (χ4v) is 4.42. The Morgan fingerprint density at radius 2 is 1.50 bits per heavy atom. The van der Waals surface area contributed by atoms with Crippen LogP contribution >= 0.6 is 12.2 Å². The standard InChI is InChI=1S/C24H27F6N3O2S/c1-34-18-8-7-14(21(12-18)35-2)13-31-19-5-3-4-6-20(19)33-22(36)32-17-10-15(23(25,26)27)9-16(11-17)24(28,29)30/h7-12,19-20,31H,3-6,13H2,1-2H3,(H2,32,33,36)/t19-,20-/m1/s1. The van der Waals surface area contributed by atoms with Gasteiger partial charge in [-0.1, -0.05) is 18.9 Å². The number of ether oxygens (including phenoxy) is 2. The van der Waals surface area contributed by atoms with Crippen molar-refractivity contribution in [3.05, 3.63) is 53.1 Å². The Labute approximate surface area is 210 Å². The first-order valence-electron chi connectivity index (χ1n) is 11.2. The molecule has 198 valence electrons. The third-order valence-electron chi connectivity index (χ3n) is 5.98. The van der Waals surface area contributed by atoms with Crippen LogP contribution in [0.15, 0.2) is 36.4 Å². The Bertz CT molecular complexity index is 1030. The lowest BCUT2D eigenvalue weighted by Gasteiger charge is -2.34. The van der Waals surface area contributed by atoms with E-state index in [1.54, 1.807) is 20.3 Å². The fraction of sp³-hybridized carbons (Fsp3) is 0.458. The molecule has 1 saturated carbocycles. The number of hydrogen-bond acceptors (Lipinski definition) is 4. The molecule has 0 bridgehead atoms. The van der Waals surface area contributed by atoms with Crippen LogP contribution in [0, 0.1) is 0 Å². The molecule has 0 aliphatic heterocycles. The summed E-state index contributed by atoms with van der Waals surface area (Å²) in [7, 11) is 3.12. The summed E-state index contributed by atoms with van der Waals surface area (Å²) in [6.07, 6.45) is -6.44. The zero-order chi connectivity index (χ0) is 26.5. The largest absolute Gasteiger partial charge is 0.497 e. The quantitative estimate of drug-likeness (QED) is 0.293.